The first-order chi connectivity index (χ1) is 6.56. The predicted molar refractivity (Wildman–Crippen MR) is 54.1 cm³/mol. The molecule has 1 rings (SSSR count). The van der Waals surface area contributed by atoms with E-state index < -0.39 is 12.1 Å². The van der Waals surface area contributed by atoms with Crippen LogP contribution in [0.2, 0.25) is 0 Å². The maximum Gasteiger partial charge on any atom is 0.337 e. The highest BCUT2D eigenvalue weighted by Gasteiger charge is 2.16. The number of rotatable bonds is 3. The minimum Gasteiger partial charge on any atom is -0.479 e. The van der Waals surface area contributed by atoms with Crippen LogP contribution < -0.4 is 11.3 Å². The van der Waals surface area contributed by atoms with Gasteiger partial charge >= 0.3 is 5.97 Å². The van der Waals surface area contributed by atoms with E-state index in [1.807, 2.05) is 0 Å². The lowest BCUT2D eigenvalue weighted by atomic mass is 10.1. The van der Waals surface area contributed by atoms with Gasteiger partial charge in [0.25, 0.3) is 0 Å². The number of aliphatic carboxylic acids is 1. The van der Waals surface area contributed by atoms with Crippen molar-refractivity contribution in [3.05, 3.63) is 23.8 Å². The van der Waals surface area contributed by atoms with Crippen molar-refractivity contribution in [2.75, 3.05) is 5.43 Å². The molecular formula is C8H10N2O3S. The van der Waals surface area contributed by atoms with Gasteiger partial charge in [-0.15, -0.1) is 12.6 Å². The summed E-state index contributed by atoms with van der Waals surface area (Å²) >= 11 is 4.07. The summed E-state index contributed by atoms with van der Waals surface area (Å²) in [6.07, 6.45) is -1.55. The molecule has 1 atom stereocenters. The maximum absolute atomic E-state index is 10.5. The number of carboxylic acids is 1. The summed E-state index contributed by atoms with van der Waals surface area (Å²) in [5.74, 6) is 3.86. The van der Waals surface area contributed by atoms with Crippen LogP contribution in [0.15, 0.2) is 23.1 Å². The number of nitrogen functional groups attached to an aromatic ring is 1. The minimum absolute atomic E-state index is 0.253. The van der Waals surface area contributed by atoms with Gasteiger partial charge in [0.2, 0.25) is 0 Å². The van der Waals surface area contributed by atoms with Crippen molar-refractivity contribution in [2.45, 2.75) is 11.0 Å². The molecule has 0 aromatic heterocycles. The molecule has 0 radical (unpaired) electrons. The Bertz CT molecular complexity index is 356. The molecule has 0 aliphatic heterocycles. The van der Waals surface area contributed by atoms with E-state index in [0.29, 0.717) is 10.6 Å². The molecule has 1 unspecified atom stereocenters. The molecule has 0 aliphatic carbocycles. The van der Waals surface area contributed by atoms with Gasteiger partial charge in [0.1, 0.15) is 0 Å². The zero-order valence-corrected chi connectivity index (χ0v) is 8.03. The quantitative estimate of drug-likeness (QED) is 0.285. The van der Waals surface area contributed by atoms with Crippen LogP contribution >= 0.6 is 12.6 Å². The van der Waals surface area contributed by atoms with Crippen LogP contribution in [0.25, 0.3) is 0 Å². The minimum atomic E-state index is -1.55. The zero-order valence-electron chi connectivity index (χ0n) is 7.14. The van der Waals surface area contributed by atoms with E-state index in [-0.39, 0.29) is 5.56 Å². The van der Waals surface area contributed by atoms with Gasteiger partial charge in [-0.3, -0.25) is 5.84 Å². The zero-order chi connectivity index (χ0) is 10.7. The van der Waals surface area contributed by atoms with Crippen molar-refractivity contribution >= 4 is 24.3 Å². The fourth-order valence-corrected chi connectivity index (χ4v) is 1.19. The number of aliphatic hydroxyl groups excluding tert-OH is 1. The van der Waals surface area contributed by atoms with Gasteiger partial charge in [-0.25, -0.2) is 4.79 Å². The predicted octanol–water partition coefficient (Wildman–Crippen LogP) is 0.379. The highest BCUT2D eigenvalue weighted by Crippen LogP contribution is 2.23. The summed E-state index contributed by atoms with van der Waals surface area (Å²) < 4.78 is 0. The SMILES string of the molecule is NNc1cc(C(O)C(=O)O)ccc1S. The van der Waals surface area contributed by atoms with E-state index in [1.165, 1.54) is 12.1 Å². The lowest BCUT2D eigenvalue weighted by molar-refractivity contribution is -0.146. The van der Waals surface area contributed by atoms with Gasteiger partial charge in [0.15, 0.2) is 6.10 Å². The molecule has 0 saturated heterocycles. The standard InChI is InChI=1S/C8H10N2O3S/c9-10-5-3-4(1-2-6(5)14)7(11)8(12)13/h1-3,7,10-11,14H,9H2,(H,12,13). The molecule has 1 aromatic carbocycles. The van der Waals surface area contributed by atoms with Gasteiger partial charge in [-0.1, -0.05) is 6.07 Å². The van der Waals surface area contributed by atoms with Crippen molar-refractivity contribution in [3.63, 3.8) is 0 Å². The molecule has 5 N–H and O–H groups in total. The van der Waals surface area contributed by atoms with Crippen LogP contribution in [0.3, 0.4) is 0 Å². The first-order valence-corrected chi connectivity index (χ1v) is 4.21. The van der Waals surface area contributed by atoms with Crippen LogP contribution in [0.1, 0.15) is 11.7 Å². The number of aliphatic hydroxyl groups is 1. The number of hydrogen-bond acceptors (Lipinski definition) is 5. The molecule has 6 heteroatoms. The van der Waals surface area contributed by atoms with Crippen LogP contribution in [0.5, 0.6) is 0 Å². The van der Waals surface area contributed by atoms with Crippen LogP contribution in [-0.2, 0) is 4.79 Å². The van der Waals surface area contributed by atoms with Crippen molar-refractivity contribution < 1.29 is 15.0 Å². The van der Waals surface area contributed by atoms with Gasteiger partial charge < -0.3 is 15.6 Å². The Morgan fingerprint density at radius 3 is 2.71 bits per heavy atom. The fraction of sp³-hybridized carbons (Fsp3) is 0.125. The summed E-state index contributed by atoms with van der Waals surface area (Å²) in [4.78, 5) is 11.0. The van der Waals surface area contributed by atoms with Gasteiger partial charge in [0, 0.05) is 4.90 Å². The summed E-state index contributed by atoms with van der Waals surface area (Å²) in [6.45, 7) is 0. The molecule has 1 aromatic rings. The third kappa shape index (κ3) is 2.16. The highest BCUT2D eigenvalue weighted by molar-refractivity contribution is 7.80. The van der Waals surface area contributed by atoms with Crippen LogP contribution in [-0.4, -0.2) is 16.2 Å². The van der Waals surface area contributed by atoms with Crippen LogP contribution in [0, 0.1) is 0 Å². The maximum atomic E-state index is 10.5. The number of nitrogens with one attached hydrogen (secondary N) is 1. The van der Waals surface area contributed by atoms with Crippen molar-refractivity contribution in [2.24, 2.45) is 5.84 Å². The topological polar surface area (TPSA) is 95.6 Å². The molecule has 0 amide bonds. The van der Waals surface area contributed by atoms with Gasteiger partial charge in [0.05, 0.1) is 5.69 Å². The van der Waals surface area contributed by atoms with E-state index in [0.717, 1.165) is 0 Å². The lowest BCUT2D eigenvalue weighted by Crippen LogP contribution is -2.12. The van der Waals surface area contributed by atoms with E-state index in [1.54, 1.807) is 6.07 Å². The average molecular weight is 214 g/mol. The van der Waals surface area contributed by atoms with Crippen molar-refractivity contribution in [1.29, 1.82) is 0 Å². The smallest absolute Gasteiger partial charge is 0.337 e. The number of thiol groups is 1. The first-order valence-electron chi connectivity index (χ1n) is 3.76. The monoisotopic (exact) mass is 214 g/mol. The molecule has 5 nitrogen and oxygen atoms in total. The van der Waals surface area contributed by atoms with Gasteiger partial charge in [-0.05, 0) is 17.7 Å². The Hall–Kier alpha value is -1.24. The third-order valence-corrected chi connectivity index (χ3v) is 2.12. The third-order valence-electron chi connectivity index (χ3n) is 1.73. The summed E-state index contributed by atoms with van der Waals surface area (Å²) in [5.41, 5.74) is 3.07. The molecular weight excluding hydrogens is 204 g/mol. The van der Waals surface area contributed by atoms with E-state index in [4.69, 9.17) is 10.9 Å². The summed E-state index contributed by atoms with van der Waals surface area (Å²) in [5, 5.41) is 17.8. The molecule has 0 aliphatic rings. The molecule has 0 saturated carbocycles. The molecule has 76 valence electrons. The normalized spacial score (nSPS) is 12.2. The van der Waals surface area contributed by atoms with E-state index in [9.17, 15) is 9.90 Å². The Labute approximate surface area is 85.9 Å². The molecule has 0 fully saturated rings. The van der Waals surface area contributed by atoms with E-state index >= 15 is 0 Å². The number of hydrogen-bond donors (Lipinski definition) is 5. The number of carboxylic acid groups (broad SMARTS) is 1. The lowest BCUT2D eigenvalue weighted by Gasteiger charge is -2.09. The molecule has 0 spiro atoms. The van der Waals surface area contributed by atoms with Crippen LogP contribution in [0.4, 0.5) is 5.69 Å². The average Bonchev–Trinajstić information content (AvgIpc) is 2.17. The molecule has 14 heavy (non-hydrogen) atoms. The van der Waals surface area contributed by atoms with E-state index in [2.05, 4.69) is 18.1 Å². The number of benzene rings is 1. The Balaban J connectivity index is 3.06. The molecule has 0 bridgehead atoms. The second-order valence-corrected chi connectivity index (χ2v) is 3.14. The summed E-state index contributed by atoms with van der Waals surface area (Å²) in [7, 11) is 0. The Kier molecular flexibility index (Phi) is 3.34. The number of carbonyl (C=O) groups is 1. The first kappa shape index (κ1) is 10.8. The second-order valence-electron chi connectivity index (χ2n) is 2.66. The highest BCUT2D eigenvalue weighted by atomic mass is 32.1. The number of anilines is 1. The Morgan fingerprint density at radius 2 is 2.21 bits per heavy atom. The fourth-order valence-electron chi connectivity index (χ4n) is 0.982. The number of hydrazine groups is 1. The van der Waals surface area contributed by atoms with Gasteiger partial charge in [-0.2, -0.15) is 0 Å². The van der Waals surface area contributed by atoms with Crippen molar-refractivity contribution in [1.82, 2.24) is 0 Å². The largest absolute Gasteiger partial charge is 0.479 e. The molecule has 0 heterocycles. The Morgan fingerprint density at radius 1 is 1.57 bits per heavy atom. The number of nitrogens with two attached hydrogens (primary N) is 1. The van der Waals surface area contributed by atoms with Crippen molar-refractivity contribution in [3.8, 4) is 0 Å². The second kappa shape index (κ2) is 4.32. The summed E-state index contributed by atoms with van der Waals surface area (Å²) in [6, 6.07) is 4.46.